The van der Waals surface area contributed by atoms with Crippen LogP contribution in [-0.2, 0) is 21.1 Å². The Kier molecular flexibility index (Phi) is 5.21. The summed E-state index contributed by atoms with van der Waals surface area (Å²) in [7, 11) is -2.05. The normalized spacial score (nSPS) is 11.3. The zero-order chi connectivity index (χ0) is 17.0. The Morgan fingerprint density at radius 2 is 1.61 bits per heavy atom. The number of ether oxygens (including phenoxy) is 1. The Labute approximate surface area is 137 Å². The molecule has 122 valence electrons. The average molecular weight is 332 g/mol. The van der Waals surface area contributed by atoms with Crippen LogP contribution >= 0.6 is 0 Å². The summed E-state index contributed by atoms with van der Waals surface area (Å²) in [6.07, 6.45) is 1.92. The molecule has 0 fully saturated rings. The van der Waals surface area contributed by atoms with Gasteiger partial charge in [-0.3, -0.25) is 0 Å². The van der Waals surface area contributed by atoms with Crippen molar-refractivity contribution in [2.24, 2.45) is 0 Å². The lowest BCUT2D eigenvalue weighted by Crippen LogP contribution is -2.07. The summed E-state index contributed by atoms with van der Waals surface area (Å²) in [5, 5.41) is 0. The van der Waals surface area contributed by atoms with E-state index in [1.165, 1.54) is 7.11 Å². The van der Waals surface area contributed by atoms with Gasteiger partial charge in [0, 0.05) is 6.42 Å². The van der Waals surface area contributed by atoms with Gasteiger partial charge in [-0.05, 0) is 61.2 Å². The van der Waals surface area contributed by atoms with E-state index in [2.05, 4.69) is 0 Å². The minimum absolute atomic E-state index is 0.241. The number of methoxy groups -OCH3 is 1. The highest BCUT2D eigenvalue weighted by Gasteiger charge is 2.22. The van der Waals surface area contributed by atoms with Crippen molar-refractivity contribution in [3.63, 3.8) is 0 Å². The van der Waals surface area contributed by atoms with E-state index in [4.69, 9.17) is 4.74 Å². The van der Waals surface area contributed by atoms with Gasteiger partial charge < -0.3 is 9.53 Å². The highest BCUT2D eigenvalue weighted by molar-refractivity contribution is 7.91. The number of benzene rings is 2. The van der Waals surface area contributed by atoms with Crippen molar-refractivity contribution in [3.05, 3.63) is 53.1 Å². The maximum absolute atomic E-state index is 12.9. The Hall–Kier alpha value is -2.14. The number of carbonyl (C=O) groups is 1. The first-order valence-electron chi connectivity index (χ1n) is 7.33. The molecule has 0 aliphatic rings. The van der Waals surface area contributed by atoms with E-state index in [1.807, 2.05) is 12.1 Å². The van der Waals surface area contributed by atoms with E-state index >= 15 is 0 Å². The molecule has 0 aliphatic heterocycles. The smallest absolute Gasteiger partial charge is 0.207 e. The fourth-order valence-electron chi connectivity index (χ4n) is 2.71. The Balaban J connectivity index is 2.48. The highest BCUT2D eigenvalue weighted by atomic mass is 32.2. The molecule has 2 rings (SSSR count). The van der Waals surface area contributed by atoms with Crippen LogP contribution in [0, 0.1) is 13.8 Å². The van der Waals surface area contributed by atoms with Gasteiger partial charge in [-0.1, -0.05) is 12.1 Å². The van der Waals surface area contributed by atoms with E-state index in [9.17, 15) is 13.2 Å². The summed E-state index contributed by atoms with van der Waals surface area (Å²) >= 11 is 0. The van der Waals surface area contributed by atoms with Gasteiger partial charge in [-0.15, -0.1) is 0 Å². The van der Waals surface area contributed by atoms with Crippen molar-refractivity contribution in [1.82, 2.24) is 0 Å². The molecule has 2 aromatic rings. The second-order valence-electron chi connectivity index (χ2n) is 5.44. The number of carbonyl (C=O) groups excluding carboxylic acids is 1. The molecule has 4 nitrogen and oxygen atoms in total. The topological polar surface area (TPSA) is 60.4 Å². The van der Waals surface area contributed by atoms with Crippen molar-refractivity contribution in [3.8, 4) is 5.75 Å². The molecule has 23 heavy (non-hydrogen) atoms. The summed E-state index contributed by atoms with van der Waals surface area (Å²) < 4.78 is 30.9. The van der Waals surface area contributed by atoms with Gasteiger partial charge in [0.25, 0.3) is 0 Å². The second-order valence-corrected chi connectivity index (χ2v) is 7.33. The van der Waals surface area contributed by atoms with Crippen LogP contribution in [0.25, 0.3) is 0 Å². The largest absolute Gasteiger partial charge is 0.497 e. The first-order chi connectivity index (χ1) is 10.9. The van der Waals surface area contributed by atoms with Gasteiger partial charge >= 0.3 is 0 Å². The second kappa shape index (κ2) is 6.96. The highest BCUT2D eigenvalue weighted by Crippen LogP contribution is 2.29. The van der Waals surface area contributed by atoms with Crippen molar-refractivity contribution in [2.75, 3.05) is 7.11 Å². The fourth-order valence-corrected chi connectivity index (χ4v) is 4.40. The van der Waals surface area contributed by atoms with Gasteiger partial charge in [-0.2, -0.15) is 0 Å². The fraction of sp³-hybridized carbons (Fsp3) is 0.278. The zero-order valence-corrected chi connectivity index (χ0v) is 14.3. The molecule has 0 aromatic heterocycles. The van der Waals surface area contributed by atoms with E-state index in [-0.39, 0.29) is 4.90 Å². The molecule has 2 aromatic carbocycles. The van der Waals surface area contributed by atoms with E-state index in [0.717, 1.165) is 11.8 Å². The van der Waals surface area contributed by atoms with Crippen LogP contribution in [0.4, 0.5) is 0 Å². The average Bonchev–Trinajstić information content (AvgIpc) is 2.52. The predicted molar refractivity (Wildman–Crippen MR) is 88.7 cm³/mol. The number of aryl methyl sites for hydroxylation is 3. The molecule has 5 heteroatoms. The molecule has 0 N–H and O–H groups in total. The van der Waals surface area contributed by atoms with E-state index in [1.54, 1.807) is 38.1 Å². The van der Waals surface area contributed by atoms with Gasteiger partial charge in [0.05, 0.1) is 16.9 Å². The van der Waals surface area contributed by atoms with Crippen LogP contribution in [0.2, 0.25) is 0 Å². The van der Waals surface area contributed by atoms with Gasteiger partial charge in [-0.25, -0.2) is 8.42 Å². The van der Waals surface area contributed by atoms with Crippen molar-refractivity contribution < 1.29 is 17.9 Å². The summed E-state index contributed by atoms with van der Waals surface area (Å²) in [6.45, 7) is 3.57. The molecule has 0 aliphatic carbocycles. The minimum Gasteiger partial charge on any atom is -0.497 e. The third kappa shape index (κ3) is 3.62. The predicted octanol–water partition coefficient (Wildman–Crippen LogP) is 3.28. The van der Waals surface area contributed by atoms with Crippen LogP contribution in [0.1, 0.15) is 23.1 Å². The molecule has 0 unspecified atom stereocenters. The molecule has 0 atom stereocenters. The van der Waals surface area contributed by atoms with Crippen LogP contribution in [0.3, 0.4) is 0 Å². The number of hydrogen-bond acceptors (Lipinski definition) is 4. The summed E-state index contributed by atoms with van der Waals surface area (Å²) in [5.74, 6) is 0.613. The van der Waals surface area contributed by atoms with E-state index < -0.39 is 9.84 Å². The summed E-state index contributed by atoms with van der Waals surface area (Å²) in [5.41, 5.74) is 2.37. The quantitative estimate of drug-likeness (QED) is 0.762. The number of rotatable bonds is 6. The van der Waals surface area contributed by atoms with Crippen LogP contribution in [0.5, 0.6) is 5.75 Å². The Morgan fingerprint density at radius 1 is 1.04 bits per heavy atom. The SMILES string of the molecule is COc1ccc(S(=O)(=O)c2c(C)cc(CCC=O)cc2C)cc1. The van der Waals surface area contributed by atoms with Crippen LogP contribution in [-0.4, -0.2) is 21.8 Å². The Bertz CT molecular complexity index is 782. The lowest BCUT2D eigenvalue weighted by atomic mass is 10.0. The van der Waals surface area contributed by atoms with Gasteiger partial charge in [0.15, 0.2) is 0 Å². The standard InChI is InChI=1S/C18H20O4S/c1-13-11-15(5-4-10-19)12-14(2)18(13)23(20,21)17-8-6-16(22-3)7-9-17/h6-12H,4-5H2,1-3H3. The monoisotopic (exact) mass is 332 g/mol. The molecule has 0 radical (unpaired) electrons. The maximum atomic E-state index is 12.9. The lowest BCUT2D eigenvalue weighted by Gasteiger charge is -2.13. The first kappa shape index (κ1) is 17.2. The lowest BCUT2D eigenvalue weighted by molar-refractivity contribution is -0.107. The molecule has 0 bridgehead atoms. The van der Waals surface area contributed by atoms with Gasteiger partial charge in [0.1, 0.15) is 12.0 Å². The summed E-state index contributed by atoms with van der Waals surface area (Å²) in [4.78, 5) is 11.1. The zero-order valence-electron chi connectivity index (χ0n) is 13.5. The third-order valence-electron chi connectivity index (χ3n) is 3.71. The van der Waals surface area contributed by atoms with E-state index in [0.29, 0.717) is 34.6 Å². The molecule has 0 saturated heterocycles. The van der Waals surface area contributed by atoms with Crippen molar-refractivity contribution >= 4 is 16.1 Å². The van der Waals surface area contributed by atoms with Crippen LogP contribution in [0.15, 0.2) is 46.2 Å². The molecule has 0 spiro atoms. The third-order valence-corrected chi connectivity index (χ3v) is 5.78. The number of sulfone groups is 1. The summed E-state index contributed by atoms with van der Waals surface area (Å²) in [6, 6.07) is 10.0. The number of aldehydes is 1. The molecular weight excluding hydrogens is 312 g/mol. The van der Waals surface area contributed by atoms with Crippen molar-refractivity contribution in [1.29, 1.82) is 0 Å². The van der Waals surface area contributed by atoms with Crippen LogP contribution < -0.4 is 4.74 Å². The maximum Gasteiger partial charge on any atom is 0.207 e. The molecule has 0 heterocycles. The molecule has 0 saturated carbocycles. The first-order valence-corrected chi connectivity index (χ1v) is 8.81. The number of hydrogen-bond donors (Lipinski definition) is 0. The minimum atomic E-state index is -3.59. The van der Waals surface area contributed by atoms with Gasteiger partial charge in [0.2, 0.25) is 9.84 Å². The van der Waals surface area contributed by atoms with Crippen molar-refractivity contribution in [2.45, 2.75) is 36.5 Å². The Morgan fingerprint density at radius 3 is 2.09 bits per heavy atom. The molecule has 0 amide bonds. The molecular formula is C18H20O4S.